The summed E-state index contributed by atoms with van der Waals surface area (Å²) < 4.78 is 13.2. The van der Waals surface area contributed by atoms with Gasteiger partial charge in [-0.05, 0) is 24.1 Å². The summed E-state index contributed by atoms with van der Waals surface area (Å²) in [6, 6.07) is 4.14. The maximum Gasteiger partial charge on any atom is 0.230 e. The molecule has 1 saturated heterocycles. The second kappa shape index (κ2) is 5.99. The van der Waals surface area contributed by atoms with E-state index in [0.717, 1.165) is 6.42 Å². The molecule has 1 fully saturated rings. The van der Waals surface area contributed by atoms with Crippen LogP contribution >= 0.6 is 12.4 Å². The number of nitrogens with zero attached hydrogens (tertiary/aromatic N) is 1. The minimum atomic E-state index is -0.537. The molecule has 0 radical (unpaired) electrons. The van der Waals surface area contributed by atoms with Gasteiger partial charge in [0.05, 0.1) is 5.92 Å². The van der Waals surface area contributed by atoms with Crippen LogP contribution in [0.5, 0.6) is 0 Å². The maximum absolute atomic E-state index is 13.2. The van der Waals surface area contributed by atoms with Gasteiger partial charge in [-0.2, -0.15) is 0 Å². The number of likely N-dealkylation sites (tertiary alicyclic amines) is 1. The fraction of sp³-hybridized carbons (Fsp3) is 0.429. The van der Waals surface area contributed by atoms with E-state index < -0.39 is 11.7 Å². The van der Waals surface area contributed by atoms with Gasteiger partial charge in [-0.15, -0.1) is 12.4 Å². The number of benzene rings is 1. The van der Waals surface area contributed by atoms with Crippen molar-refractivity contribution in [3.8, 4) is 0 Å². The van der Waals surface area contributed by atoms with Gasteiger partial charge in [0.2, 0.25) is 11.8 Å². The average molecular weight is 314 g/mol. The quantitative estimate of drug-likeness (QED) is 0.819. The summed E-state index contributed by atoms with van der Waals surface area (Å²) in [7, 11) is 0. The SMILES string of the molecule is Cl.N[C@@H]1CCN(C(=O)C2CC(=O)Nc3cc(F)ccc32)C1. The molecule has 0 aliphatic carbocycles. The summed E-state index contributed by atoms with van der Waals surface area (Å²) >= 11 is 0. The summed E-state index contributed by atoms with van der Waals surface area (Å²) in [5.74, 6) is -1.32. The zero-order valence-corrected chi connectivity index (χ0v) is 12.2. The van der Waals surface area contributed by atoms with E-state index in [1.54, 1.807) is 11.0 Å². The first-order valence-corrected chi connectivity index (χ1v) is 6.68. The normalized spacial score (nSPS) is 24.1. The van der Waals surface area contributed by atoms with Crippen molar-refractivity contribution in [3.05, 3.63) is 29.6 Å². The average Bonchev–Trinajstić information content (AvgIpc) is 2.83. The van der Waals surface area contributed by atoms with Crippen molar-refractivity contribution in [2.24, 2.45) is 5.73 Å². The Balaban J connectivity index is 0.00000161. The lowest BCUT2D eigenvalue weighted by atomic mass is 9.89. The molecule has 1 unspecified atom stereocenters. The molecule has 0 saturated carbocycles. The summed E-state index contributed by atoms with van der Waals surface area (Å²) in [4.78, 5) is 25.9. The summed E-state index contributed by atoms with van der Waals surface area (Å²) in [6.07, 6.45) is 0.879. The first kappa shape index (κ1) is 15.7. The summed E-state index contributed by atoms with van der Waals surface area (Å²) in [5.41, 5.74) is 6.88. The number of nitrogens with two attached hydrogens (primary N) is 1. The highest BCUT2D eigenvalue weighted by molar-refractivity contribution is 6.01. The minimum Gasteiger partial charge on any atom is -0.341 e. The van der Waals surface area contributed by atoms with Crippen LogP contribution in [0.25, 0.3) is 0 Å². The summed E-state index contributed by atoms with van der Waals surface area (Å²) in [5, 5.41) is 2.61. The molecule has 3 N–H and O–H groups in total. The van der Waals surface area contributed by atoms with Gasteiger partial charge in [-0.3, -0.25) is 9.59 Å². The largest absolute Gasteiger partial charge is 0.341 e. The van der Waals surface area contributed by atoms with Crippen LogP contribution < -0.4 is 11.1 Å². The zero-order chi connectivity index (χ0) is 14.3. The molecule has 21 heavy (non-hydrogen) atoms. The van der Waals surface area contributed by atoms with Crippen LogP contribution in [0.1, 0.15) is 24.3 Å². The smallest absolute Gasteiger partial charge is 0.230 e. The molecule has 2 heterocycles. The van der Waals surface area contributed by atoms with Gasteiger partial charge >= 0.3 is 0 Å². The van der Waals surface area contributed by atoms with E-state index in [-0.39, 0.29) is 36.7 Å². The number of amides is 2. The third-order valence-electron chi connectivity index (χ3n) is 3.89. The van der Waals surface area contributed by atoms with Crippen LogP contribution in [0.3, 0.4) is 0 Å². The molecule has 7 heteroatoms. The Kier molecular flexibility index (Phi) is 4.49. The zero-order valence-electron chi connectivity index (χ0n) is 11.3. The second-order valence-electron chi connectivity index (χ2n) is 5.37. The Bertz CT molecular complexity index is 581. The highest BCUT2D eigenvalue weighted by atomic mass is 35.5. The second-order valence-corrected chi connectivity index (χ2v) is 5.37. The molecule has 2 atom stereocenters. The van der Waals surface area contributed by atoms with Crippen molar-refractivity contribution in [2.75, 3.05) is 18.4 Å². The first-order valence-electron chi connectivity index (χ1n) is 6.68. The monoisotopic (exact) mass is 313 g/mol. The molecule has 1 aromatic rings. The molecule has 2 aliphatic rings. The van der Waals surface area contributed by atoms with Crippen LogP contribution in [0.15, 0.2) is 18.2 Å². The van der Waals surface area contributed by atoms with E-state index in [4.69, 9.17) is 5.73 Å². The number of carbonyl (C=O) groups excluding carboxylic acids is 2. The minimum absolute atomic E-state index is 0. The van der Waals surface area contributed by atoms with Crippen LogP contribution in [0.2, 0.25) is 0 Å². The molecular weight excluding hydrogens is 297 g/mol. The van der Waals surface area contributed by atoms with E-state index in [1.807, 2.05) is 0 Å². The van der Waals surface area contributed by atoms with Gasteiger partial charge in [0.1, 0.15) is 5.82 Å². The molecule has 5 nitrogen and oxygen atoms in total. The third-order valence-corrected chi connectivity index (χ3v) is 3.89. The third kappa shape index (κ3) is 3.01. The Hall–Kier alpha value is -1.66. The Morgan fingerprint density at radius 2 is 2.19 bits per heavy atom. The van der Waals surface area contributed by atoms with Crippen molar-refractivity contribution in [2.45, 2.75) is 24.8 Å². The van der Waals surface area contributed by atoms with E-state index in [2.05, 4.69) is 5.32 Å². The Morgan fingerprint density at radius 3 is 2.86 bits per heavy atom. The Morgan fingerprint density at radius 1 is 1.43 bits per heavy atom. The fourth-order valence-electron chi connectivity index (χ4n) is 2.87. The molecule has 0 bridgehead atoms. The van der Waals surface area contributed by atoms with Gasteiger partial charge in [0, 0.05) is 31.2 Å². The van der Waals surface area contributed by atoms with E-state index in [1.165, 1.54) is 12.1 Å². The van der Waals surface area contributed by atoms with Gasteiger partial charge < -0.3 is 16.0 Å². The lowest BCUT2D eigenvalue weighted by Crippen LogP contribution is -2.38. The van der Waals surface area contributed by atoms with Crippen LogP contribution in [-0.2, 0) is 9.59 Å². The predicted octanol–water partition coefficient (Wildman–Crippen LogP) is 1.23. The number of hydrogen-bond donors (Lipinski definition) is 2. The predicted molar refractivity (Wildman–Crippen MR) is 78.8 cm³/mol. The first-order chi connectivity index (χ1) is 9.54. The van der Waals surface area contributed by atoms with Crippen molar-refractivity contribution in [1.82, 2.24) is 4.90 Å². The van der Waals surface area contributed by atoms with E-state index in [0.29, 0.717) is 24.3 Å². The number of rotatable bonds is 1. The number of anilines is 1. The van der Waals surface area contributed by atoms with E-state index >= 15 is 0 Å². The van der Waals surface area contributed by atoms with Crippen molar-refractivity contribution in [3.63, 3.8) is 0 Å². The highest BCUT2D eigenvalue weighted by Gasteiger charge is 2.35. The van der Waals surface area contributed by atoms with Crippen molar-refractivity contribution < 1.29 is 14.0 Å². The van der Waals surface area contributed by atoms with Gasteiger partial charge in [0.15, 0.2) is 0 Å². The number of halogens is 2. The number of hydrogen-bond acceptors (Lipinski definition) is 3. The van der Waals surface area contributed by atoms with E-state index in [9.17, 15) is 14.0 Å². The molecule has 0 spiro atoms. The van der Waals surface area contributed by atoms with Gasteiger partial charge in [-0.25, -0.2) is 4.39 Å². The standard InChI is InChI=1S/C14H16FN3O2.ClH/c15-8-1-2-10-11(6-13(19)17-12(10)5-8)14(20)18-4-3-9(16)7-18;/h1-2,5,9,11H,3-4,6-7,16H2,(H,17,19);1H/t9-,11?;/m1./s1. The molecule has 3 rings (SSSR count). The van der Waals surface area contributed by atoms with Gasteiger partial charge in [0.25, 0.3) is 0 Å². The molecule has 1 aromatic carbocycles. The maximum atomic E-state index is 13.2. The highest BCUT2D eigenvalue weighted by Crippen LogP contribution is 2.34. The van der Waals surface area contributed by atoms with Crippen LogP contribution in [0, 0.1) is 5.82 Å². The number of carbonyl (C=O) groups is 2. The number of fused-ring (bicyclic) bond motifs is 1. The number of nitrogens with one attached hydrogen (secondary N) is 1. The van der Waals surface area contributed by atoms with Gasteiger partial charge in [-0.1, -0.05) is 6.07 Å². The molecule has 0 aromatic heterocycles. The Labute approximate surface area is 128 Å². The van der Waals surface area contributed by atoms with Crippen molar-refractivity contribution in [1.29, 1.82) is 0 Å². The fourth-order valence-corrected chi connectivity index (χ4v) is 2.87. The topological polar surface area (TPSA) is 75.4 Å². The lowest BCUT2D eigenvalue weighted by Gasteiger charge is -2.28. The molecule has 2 aliphatic heterocycles. The molecule has 2 amide bonds. The lowest BCUT2D eigenvalue weighted by molar-refractivity contribution is -0.134. The molecule has 114 valence electrons. The summed E-state index contributed by atoms with van der Waals surface area (Å²) in [6.45, 7) is 1.14. The van der Waals surface area contributed by atoms with Crippen LogP contribution in [-0.4, -0.2) is 35.8 Å². The molecular formula is C14H17ClFN3O2. The van der Waals surface area contributed by atoms with Crippen LogP contribution in [0.4, 0.5) is 10.1 Å². The van der Waals surface area contributed by atoms with Crippen molar-refractivity contribution >= 4 is 29.9 Å².